The second-order valence-corrected chi connectivity index (χ2v) is 6.05. The van der Waals surface area contributed by atoms with Gasteiger partial charge in [0, 0.05) is 16.5 Å². The van der Waals surface area contributed by atoms with Crippen LogP contribution in [0.5, 0.6) is 0 Å². The van der Waals surface area contributed by atoms with E-state index >= 15 is 0 Å². The molecule has 0 bridgehead atoms. The van der Waals surface area contributed by atoms with E-state index in [1.165, 1.54) is 0 Å². The van der Waals surface area contributed by atoms with Crippen LogP contribution < -0.4 is 16.2 Å². The van der Waals surface area contributed by atoms with Crippen LogP contribution in [0.3, 0.4) is 0 Å². The van der Waals surface area contributed by atoms with Crippen molar-refractivity contribution in [3.8, 4) is 0 Å². The molecule has 2 aromatic carbocycles. The number of hydrogen-bond acceptors (Lipinski definition) is 4. The number of nitrogens with one attached hydrogen (secondary N) is 3. The Morgan fingerprint density at radius 1 is 0.889 bits per heavy atom. The van der Waals surface area contributed by atoms with Crippen LogP contribution in [0.2, 0.25) is 0 Å². The maximum absolute atomic E-state index is 12.2. The maximum Gasteiger partial charge on any atom is 0.305 e. The van der Waals surface area contributed by atoms with Gasteiger partial charge in [-0.15, -0.1) is 0 Å². The summed E-state index contributed by atoms with van der Waals surface area (Å²) >= 11 is 0. The number of aryl methyl sites for hydroxylation is 2. The first-order chi connectivity index (χ1) is 13.0. The lowest BCUT2D eigenvalue weighted by Crippen LogP contribution is -2.46. The van der Waals surface area contributed by atoms with E-state index in [0.717, 1.165) is 10.9 Å². The maximum atomic E-state index is 12.2. The molecule has 0 atom stereocenters. The van der Waals surface area contributed by atoms with E-state index in [2.05, 4.69) is 16.2 Å². The number of benzene rings is 2. The van der Waals surface area contributed by atoms with Gasteiger partial charge in [0.1, 0.15) is 5.58 Å². The summed E-state index contributed by atoms with van der Waals surface area (Å²) in [4.78, 5) is 36.2. The van der Waals surface area contributed by atoms with E-state index < -0.39 is 11.8 Å². The standard InChI is InChI=1S/C20H19N3O4/c1-12-7-3-4-8-14(12)19(25)21-11-17(24)22-23-20(26)18-13(2)15-9-5-6-10-16(15)27-18/h3-10H,11H2,1-2H3,(H,21,25)(H,22,24)(H,23,26). The van der Waals surface area contributed by atoms with E-state index in [4.69, 9.17) is 4.42 Å². The summed E-state index contributed by atoms with van der Waals surface area (Å²) in [7, 11) is 0. The quantitative estimate of drug-likeness (QED) is 0.617. The van der Waals surface area contributed by atoms with Gasteiger partial charge >= 0.3 is 5.91 Å². The molecule has 0 saturated heterocycles. The Labute approximate surface area is 155 Å². The largest absolute Gasteiger partial charge is 0.451 e. The second-order valence-electron chi connectivity index (χ2n) is 6.05. The lowest BCUT2D eigenvalue weighted by molar-refractivity contribution is -0.120. The molecule has 27 heavy (non-hydrogen) atoms. The smallest absolute Gasteiger partial charge is 0.305 e. The van der Waals surface area contributed by atoms with Crippen LogP contribution in [0.25, 0.3) is 11.0 Å². The Balaban J connectivity index is 1.54. The molecule has 0 saturated carbocycles. The molecule has 0 aliphatic rings. The summed E-state index contributed by atoms with van der Waals surface area (Å²) in [5.41, 5.74) is 7.13. The van der Waals surface area contributed by atoms with Gasteiger partial charge in [-0.25, -0.2) is 0 Å². The lowest BCUT2D eigenvalue weighted by Gasteiger charge is -2.09. The van der Waals surface area contributed by atoms with Crippen LogP contribution in [0, 0.1) is 13.8 Å². The molecule has 3 amide bonds. The van der Waals surface area contributed by atoms with Gasteiger partial charge in [-0.2, -0.15) is 0 Å². The normalized spacial score (nSPS) is 10.4. The highest BCUT2D eigenvalue weighted by molar-refractivity contribution is 6.00. The number of carbonyl (C=O) groups is 3. The van der Waals surface area contributed by atoms with Crippen molar-refractivity contribution in [1.29, 1.82) is 0 Å². The zero-order valence-electron chi connectivity index (χ0n) is 15.0. The Morgan fingerprint density at radius 2 is 1.59 bits per heavy atom. The van der Waals surface area contributed by atoms with Crippen LogP contribution in [-0.4, -0.2) is 24.3 Å². The molecule has 0 fully saturated rings. The lowest BCUT2D eigenvalue weighted by atomic mass is 10.1. The molecule has 1 aromatic heterocycles. The van der Waals surface area contributed by atoms with Crippen molar-refractivity contribution in [2.45, 2.75) is 13.8 Å². The fraction of sp³-hybridized carbons (Fsp3) is 0.150. The van der Waals surface area contributed by atoms with Gasteiger partial charge in [0.05, 0.1) is 6.54 Å². The fourth-order valence-corrected chi connectivity index (χ4v) is 2.70. The van der Waals surface area contributed by atoms with Gasteiger partial charge in [0.2, 0.25) is 0 Å². The molecular formula is C20H19N3O4. The van der Waals surface area contributed by atoms with Crippen molar-refractivity contribution < 1.29 is 18.8 Å². The summed E-state index contributed by atoms with van der Waals surface area (Å²) in [5.74, 6) is -1.36. The van der Waals surface area contributed by atoms with Crippen LogP contribution in [-0.2, 0) is 4.79 Å². The molecule has 3 aromatic rings. The molecule has 0 radical (unpaired) electrons. The number of carbonyl (C=O) groups excluding carboxylic acids is 3. The zero-order valence-corrected chi connectivity index (χ0v) is 15.0. The van der Waals surface area contributed by atoms with Gasteiger partial charge in [-0.3, -0.25) is 25.2 Å². The molecular weight excluding hydrogens is 346 g/mol. The Morgan fingerprint density at radius 3 is 2.33 bits per heavy atom. The van der Waals surface area contributed by atoms with Gasteiger partial charge in [0.25, 0.3) is 11.8 Å². The average molecular weight is 365 g/mol. The molecule has 1 heterocycles. The summed E-state index contributed by atoms with van der Waals surface area (Å²) in [5, 5.41) is 3.34. The first kappa shape index (κ1) is 18.2. The minimum Gasteiger partial charge on any atom is -0.451 e. The van der Waals surface area contributed by atoms with Crippen molar-refractivity contribution >= 4 is 28.7 Å². The van der Waals surface area contributed by atoms with E-state index in [1.54, 1.807) is 25.1 Å². The molecule has 0 unspecified atom stereocenters. The molecule has 7 nitrogen and oxygen atoms in total. The molecule has 7 heteroatoms. The topological polar surface area (TPSA) is 100 Å². The summed E-state index contributed by atoms with van der Waals surface area (Å²) in [6.07, 6.45) is 0. The molecule has 3 rings (SSSR count). The highest BCUT2D eigenvalue weighted by atomic mass is 16.3. The van der Waals surface area contributed by atoms with E-state index in [0.29, 0.717) is 16.7 Å². The van der Waals surface area contributed by atoms with Crippen LogP contribution in [0.15, 0.2) is 52.9 Å². The average Bonchev–Trinajstić information content (AvgIpc) is 3.01. The number of hydrogen-bond donors (Lipinski definition) is 3. The molecule has 0 spiro atoms. The second kappa shape index (κ2) is 7.74. The van der Waals surface area contributed by atoms with Crippen LogP contribution in [0.1, 0.15) is 32.0 Å². The molecule has 3 N–H and O–H groups in total. The summed E-state index contributed by atoms with van der Waals surface area (Å²) in [6.45, 7) is 3.31. The van der Waals surface area contributed by atoms with Crippen LogP contribution >= 0.6 is 0 Å². The highest BCUT2D eigenvalue weighted by Crippen LogP contribution is 2.24. The SMILES string of the molecule is Cc1ccccc1C(=O)NCC(=O)NNC(=O)c1oc2ccccc2c1C. The number of amides is 3. The highest BCUT2D eigenvalue weighted by Gasteiger charge is 2.18. The third-order valence-electron chi connectivity index (χ3n) is 4.16. The minimum atomic E-state index is -0.567. The number of para-hydroxylation sites is 1. The third kappa shape index (κ3) is 3.98. The van der Waals surface area contributed by atoms with E-state index in [-0.39, 0.29) is 18.2 Å². The Bertz CT molecular complexity index is 1020. The van der Waals surface area contributed by atoms with Crippen LogP contribution in [0.4, 0.5) is 0 Å². The van der Waals surface area contributed by atoms with Gasteiger partial charge in [0.15, 0.2) is 5.76 Å². The number of fused-ring (bicyclic) bond motifs is 1. The Hall–Kier alpha value is -3.61. The monoisotopic (exact) mass is 365 g/mol. The number of hydrazine groups is 1. The van der Waals surface area contributed by atoms with Crippen molar-refractivity contribution in [3.63, 3.8) is 0 Å². The number of rotatable bonds is 4. The Kier molecular flexibility index (Phi) is 5.21. The molecule has 0 aliphatic carbocycles. The van der Waals surface area contributed by atoms with Gasteiger partial charge in [-0.1, -0.05) is 36.4 Å². The van der Waals surface area contributed by atoms with E-state index in [1.807, 2.05) is 37.3 Å². The fourth-order valence-electron chi connectivity index (χ4n) is 2.70. The first-order valence-electron chi connectivity index (χ1n) is 8.38. The predicted octanol–water partition coefficient (Wildman–Crippen LogP) is 2.24. The molecule has 0 aliphatic heterocycles. The third-order valence-corrected chi connectivity index (χ3v) is 4.16. The van der Waals surface area contributed by atoms with Gasteiger partial charge in [-0.05, 0) is 31.5 Å². The van der Waals surface area contributed by atoms with Crippen molar-refractivity contribution in [2.24, 2.45) is 0 Å². The zero-order chi connectivity index (χ0) is 19.4. The van der Waals surface area contributed by atoms with Crippen molar-refractivity contribution in [1.82, 2.24) is 16.2 Å². The van der Waals surface area contributed by atoms with Crippen molar-refractivity contribution in [3.05, 3.63) is 71.0 Å². The summed E-state index contributed by atoms with van der Waals surface area (Å²) in [6, 6.07) is 14.3. The predicted molar refractivity (Wildman–Crippen MR) is 100 cm³/mol. The molecule has 138 valence electrons. The first-order valence-corrected chi connectivity index (χ1v) is 8.38. The number of furan rings is 1. The summed E-state index contributed by atoms with van der Waals surface area (Å²) < 4.78 is 5.53. The minimum absolute atomic E-state index is 0.125. The van der Waals surface area contributed by atoms with Crippen molar-refractivity contribution in [2.75, 3.05) is 6.54 Å². The van der Waals surface area contributed by atoms with Gasteiger partial charge < -0.3 is 9.73 Å². The van der Waals surface area contributed by atoms with E-state index in [9.17, 15) is 14.4 Å².